The van der Waals surface area contributed by atoms with Crippen LogP contribution in [0.4, 0.5) is 0 Å². The zero-order chi connectivity index (χ0) is 23.1. The van der Waals surface area contributed by atoms with Gasteiger partial charge in [0.1, 0.15) is 11.6 Å². The summed E-state index contributed by atoms with van der Waals surface area (Å²) >= 11 is 0. The summed E-state index contributed by atoms with van der Waals surface area (Å²) in [6.07, 6.45) is 7.51. The smallest absolute Gasteiger partial charge is 0.137 e. The summed E-state index contributed by atoms with van der Waals surface area (Å²) in [7, 11) is 0. The van der Waals surface area contributed by atoms with Gasteiger partial charge in [-0.25, -0.2) is 0 Å². The van der Waals surface area contributed by atoms with E-state index in [9.17, 15) is 9.59 Å². The number of aliphatic hydroxyl groups excluding tert-OH is 1. The lowest BCUT2D eigenvalue weighted by Gasteiger charge is -2.10. The van der Waals surface area contributed by atoms with Crippen LogP contribution in [0.5, 0.6) is 0 Å². The number of hydrogen-bond donors (Lipinski definition) is 1. The molecule has 0 aliphatic heterocycles. The van der Waals surface area contributed by atoms with E-state index in [0.717, 1.165) is 30.6 Å². The van der Waals surface area contributed by atoms with Crippen LogP contribution in [0.15, 0.2) is 0 Å². The molecule has 0 radical (unpaired) electrons. The van der Waals surface area contributed by atoms with Crippen molar-refractivity contribution in [1.29, 1.82) is 0 Å². The Morgan fingerprint density at radius 2 is 1.36 bits per heavy atom. The van der Waals surface area contributed by atoms with Gasteiger partial charge in [0.05, 0.1) is 6.61 Å². The normalized spacial score (nSPS) is 11.9. The molecule has 28 heavy (non-hydrogen) atoms. The molecule has 3 nitrogen and oxygen atoms in total. The number of ketones is 2. The molecule has 172 valence electrons. The van der Waals surface area contributed by atoms with E-state index < -0.39 is 0 Å². The molecule has 0 aromatic rings. The van der Waals surface area contributed by atoms with Gasteiger partial charge in [-0.3, -0.25) is 4.79 Å². The molecule has 0 amide bonds. The number of carbonyl (C=O) groups excluding carboxylic acids is 2. The number of unbranched alkanes of at least 4 members (excludes halogenated alkanes) is 2. The highest BCUT2D eigenvalue weighted by atomic mass is 16.3. The van der Waals surface area contributed by atoms with Crippen molar-refractivity contribution in [3.05, 3.63) is 0 Å². The summed E-state index contributed by atoms with van der Waals surface area (Å²) < 4.78 is 0. The third kappa shape index (κ3) is 32.9. The van der Waals surface area contributed by atoms with Crippen molar-refractivity contribution in [2.45, 2.75) is 121 Å². The molecule has 0 aromatic heterocycles. The van der Waals surface area contributed by atoms with Crippen molar-refractivity contribution < 1.29 is 14.7 Å². The van der Waals surface area contributed by atoms with Crippen molar-refractivity contribution in [1.82, 2.24) is 0 Å². The third-order valence-corrected chi connectivity index (χ3v) is 4.76. The number of hydrogen-bond acceptors (Lipinski definition) is 3. The first-order valence-electron chi connectivity index (χ1n) is 11.7. The molecule has 0 heterocycles. The van der Waals surface area contributed by atoms with Gasteiger partial charge >= 0.3 is 0 Å². The van der Waals surface area contributed by atoms with Crippen LogP contribution in [0.3, 0.4) is 0 Å². The maximum Gasteiger partial charge on any atom is 0.137 e. The number of Topliss-reactive ketones (excluding diaryl/α,β-unsaturated/α-hetero) is 2. The van der Waals surface area contributed by atoms with Crippen LogP contribution in [0.2, 0.25) is 0 Å². The van der Waals surface area contributed by atoms with Gasteiger partial charge in [0, 0.05) is 18.8 Å². The zero-order valence-electron chi connectivity index (χ0n) is 21.2. The molecule has 0 fully saturated rings. The molecular weight excluding hydrogens is 348 g/mol. The molecule has 0 aliphatic carbocycles. The van der Waals surface area contributed by atoms with Gasteiger partial charge in [0.2, 0.25) is 0 Å². The van der Waals surface area contributed by atoms with E-state index in [0.29, 0.717) is 12.2 Å². The van der Waals surface area contributed by atoms with Gasteiger partial charge in [-0.15, -0.1) is 0 Å². The zero-order valence-corrected chi connectivity index (χ0v) is 21.2. The molecule has 0 spiro atoms. The van der Waals surface area contributed by atoms with Gasteiger partial charge in [-0.1, -0.05) is 94.9 Å². The first-order valence-corrected chi connectivity index (χ1v) is 11.7. The largest absolute Gasteiger partial charge is 0.396 e. The molecule has 0 rings (SSSR count). The second-order valence-corrected chi connectivity index (χ2v) is 8.23. The van der Waals surface area contributed by atoms with E-state index in [2.05, 4.69) is 41.5 Å². The third-order valence-electron chi connectivity index (χ3n) is 4.76. The van der Waals surface area contributed by atoms with Crippen LogP contribution in [0, 0.1) is 23.7 Å². The van der Waals surface area contributed by atoms with Gasteiger partial charge in [0.25, 0.3) is 0 Å². The summed E-state index contributed by atoms with van der Waals surface area (Å²) in [5, 5.41) is 8.42. The Bertz CT molecular complexity index is 322. The van der Waals surface area contributed by atoms with Gasteiger partial charge in [-0.2, -0.15) is 0 Å². The van der Waals surface area contributed by atoms with Crippen molar-refractivity contribution >= 4 is 11.6 Å². The van der Waals surface area contributed by atoms with Crippen molar-refractivity contribution in [3.63, 3.8) is 0 Å². The number of rotatable bonds is 11. The fraction of sp³-hybridized carbons (Fsp3) is 0.920. The van der Waals surface area contributed by atoms with Crippen molar-refractivity contribution in [2.24, 2.45) is 23.7 Å². The second kappa shape index (κ2) is 26.3. The number of aliphatic hydroxyl groups is 1. The number of carbonyl (C=O) groups is 2. The Morgan fingerprint density at radius 1 is 0.857 bits per heavy atom. The SMILES string of the molecule is CC.CC(=O)CCCCCC(C)C.CCC(=O)C(C)CO.CCC(C)C(C)C. The lowest BCUT2D eigenvalue weighted by atomic mass is 9.96. The Hall–Kier alpha value is -0.700. The lowest BCUT2D eigenvalue weighted by molar-refractivity contribution is -0.123. The minimum atomic E-state index is -0.167. The molecule has 0 saturated carbocycles. The predicted octanol–water partition coefficient (Wildman–Crippen LogP) is 7.49. The van der Waals surface area contributed by atoms with Crippen LogP contribution in [-0.4, -0.2) is 23.3 Å². The minimum absolute atomic E-state index is 0.0212. The highest BCUT2D eigenvalue weighted by Gasteiger charge is 2.07. The molecule has 2 atom stereocenters. The van der Waals surface area contributed by atoms with Crippen molar-refractivity contribution in [3.8, 4) is 0 Å². The van der Waals surface area contributed by atoms with Crippen LogP contribution in [0.1, 0.15) is 121 Å². The van der Waals surface area contributed by atoms with E-state index in [1.54, 1.807) is 20.8 Å². The Morgan fingerprint density at radius 3 is 1.57 bits per heavy atom. The molecule has 2 unspecified atom stereocenters. The first kappa shape index (κ1) is 34.8. The molecule has 0 aromatic carbocycles. The fourth-order valence-corrected chi connectivity index (χ4v) is 2.02. The van der Waals surface area contributed by atoms with E-state index in [-0.39, 0.29) is 18.3 Å². The van der Waals surface area contributed by atoms with Crippen molar-refractivity contribution in [2.75, 3.05) is 6.61 Å². The fourth-order valence-electron chi connectivity index (χ4n) is 2.02. The van der Waals surface area contributed by atoms with E-state index in [1.165, 1.54) is 25.7 Å². The van der Waals surface area contributed by atoms with Gasteiger partial charge < -0.3 is 9.90 Å². The standard InChI is InChI=1S/C10H20O.C7H16.C6H12O2.C2H6/c1-9(2)7-5-4-6-8-10(3)11;1-5-7(4)6(2)3;1-3-6(8)5(2)4-7;1-2/h9H,4-8H2,1-3H3;6-7H,5H2,1-4H3;5,7H,3-4H2,1-2H3;1-2H3. The van der Waals surface area contributed by atoms with Gasteiger partial charge in [-0.05, 0) is 31.1 Å². The average Bonchev–Trinajstić information content (AvgIpc) is 2.67. The predicted molar refractivity (Wildman–Crippen MR) is 126 cm³/mol. The van der Waals surface area contributed by atoms with E-state index >= 15 is 0 Å². The highest BCUT2D eigenvalue weighted by molar-refractivity contribution is 5.80. The van der Waals surface area contributed by atoms with E-state index in [4.69, 9.17) is 5.11 Å². The Labute approximate surface area is 178 Å². The summed E-state index contributed by atoms with van der Waals surface area (Å²) in [4.78, 5) is 21.1. The van der Waals surface area contributed by atoms with Gasteiger partial charge in [0.15, 0.2) is 0 Å². The Kier molecular flexibility index (Phi) is 32.7. The molecule has 0 bridgehead atoms. The van der Waals surface area contributed by atoms with Crippen LogP contribution in [0.25, 0.3) is 0 Å². The average molecular weight is 403 g/mol. The molecule has 0 aliphatic rings. The second-order valence-electron chi connectivity index (χ2n) is 8.23. The molecule has 0 saturated heterocycles. The molecule has 3 heteroatoms. The molecular formula is C25H54O3. The maximum absolute atomic E-state index is 10.6. The monoisotopic (exact) mass is 402 g/mol. The van der Waals surface area contributed by atoms with Crippen LogP contribution < -0.4 is 0 Å². The quantitative estimate of drug-likeness (QED) is 0.364. The minimum Gasteiger partial charge on any atom is -0.396 e. The van der Waals surface area contributed by atoms with E-state index in [1.807, 2.05) is 13.8 Å². The summed E-state index contributed by atoms with van der Waals surface area (Å²) in [5.41, 5.74) is 0. The van der Waals surface area contributed by atoms with Crippen LogP contribution in [-0.2, 0) is 9.59 Å². The highest BCUT2D eigenvalue weighted by Crippen LogP contribution is 2.12. The summed E-state index contributed by atoms with van der Waals surface area (Å²) in [6, 6.07) is 0. The summed E-state index contributed by atoms with van der Waals surface area (Å²) in [5.74, 6) is 2.87. The lowest BCUT2D eigenvalue weighted by Crippen LogP contribution is -2.12. The van der Waals surface area contributed by atoms with Crippen LogP contribution >= 0.6 is 0 Å². The molecule has 1 N–H and O–H groups in total. The topological polar surface area (TPSA) is 54.4 Å². The first-order chi connectivity index (χ1) is 13.0. The maximum atomic E-state index is 10.6. The summed E-state index contributed by atoms with van der Waals surface area (Å²) in [6.45, 7) is 22.7. The Balaban J connectivity index is -0.000000151.